The van der Waals surface area contributed by atoms with Crippen molar-refractivity contribution in [3.8, 4) is 11.1 Å². The Morgan fingerprint density at radius 1 is 0.884 bits per heavy atom. The van der Waals surface area contributed by atoms with Crippen LogP contribution in [0.2, 0.25) is 0 Å². The molecule has 0 aliphatic heterocycles. The first-order chi connectivity index (χ1) is 20.0. The second kappa shape index (κ2) is 9.83. The standard InChI is InChI=1S/C33H33F5O4S/c1-30-18-27(21-5-3-19(4-6-21)20-7-11-24(12-8-20)43(2,41)42)29-25-14-10-23(39)17-22(25)9-13-26(29)28(30)15-16-31(30,40)32(34,35)33(36,37)38/h3-8,11-12,17,26-28,40H,9-10,13-16,18H2,1-2H3/t26-,27+,28-,30-,31-/m0/s1. The van der Waals surface area contributed by atoms with Crippen LogP contribution in [0, 0.1) is 17.3 Å². The number of sulfone groups is 1. The van der Waals surface area contributed by atoms with Crippen molar-refractivity contribution >= 4 is 15.6 Å². The summed E-state index contributed by atoms with van der Waals surface area (Å²) in [6.45, 7) is 1.41. The molecule has 1 N–H and O–H groups in total. The molecule has 0 saturated heterocycles. The van der Waals surface area contributed by atoms with Crippen molar-refractivity contribution in [2.45, 2.75) is 80.4 Å². The number of rotatable bonds is 4. The minimum Gasteiger partial charge on any atom is -0.383 e. The molecule has 0 aromatic heterocycles. The van der Waals surface area contributed by atoms with E-state index in [0.717, 1.165) is 39.7 Å². The number of aliphatic hydroxyl groups is 1. The van der Waals surface area contributed by atoms with Gasteiger partial charge in [-0.1, -0.05) is 48.9 Å². The topological polar surface area (TPSA) is 71.4 Å². The number of halogens is 5. The number of fused-ring (bicyclic) bond motifs is 4. The number of hydrogen-bond donors (Lipinski definition) is 1. The molecule has 230 valence electrons. The van der Waals surface area contributed by atoms with Gasteiger partial charge in [0.05, 0.1) is 4.90 Å². The Balaban J connectivity index is 1.45. The fraction of sp³-hybridized carbons (Fsp3) is 0.485. The molecule has 0 heterocycles. The molecule has 43 heavy (non-hydrogen) atoms. The molecular weight excluding hydrogens is 587 g/mol. The number of alkyl halides is 5. The summed E-state index contributed by atoms with van der Waals surface area (Å²) in [5, 5.41) is 11.4. The van der Waals surface area contributed by atoms with Crippen LogP contribution >= 0.6 is 0 Å². The fourth-order valence-corrected chi connectivity index (χ4v) is 9.15. The molecule has 5 atom stereocenters. The monoisotopic (exact) mass is 620 g/mol. The first-order valence-electron chi connectivity index (χ1n) is 14.5. The summed E-state index contributed by atoms with van der Waals surface area (Å²) in [6, 6.07) is 13.7. The summed E-state index contributed by atoms with van der Waals surface area (Å²) < 4.78 is 95.4. The van der Waals surface area contributed by atoms with Gasteiger partial charge in [-0.05, 0) is 96.4 Å². The molecule has 2 aromatic carbocycles. The highest BCUT2D eigenvalue weighted by Gasteiger charge is 2.79. The molecule has 10 heteroatoms. The summed E-state index contributed by atoms with van der Waals surface area (Å²) in [7, 11) is -3.37. The highest BCUT2D eigenvalue weighted by Crippen LogP contribution is 2.70. The van der Waals surface area contributed by atoms with Crippen LogP contribution in [0.5, 0.6) is 0 Å². The third kappa shape index (κ3) is 4.54. The largest absolute Gasteiger partial charge is 0.456 e. The normalized spacial score (nSPS) is 31.3. The highest BCUT2D eigenvalue weighted by atomic mass is 32.2. The van der Waals surface area contributed by atoms with Gasteiger partial charge < -0.3 is 5.11 Å². The van der Waals surface area contributed by atoms with Crippen molar-refractivity contribution in [3.05, 3.63) is 76.9 Å². The molecule has 0 radical (unpaired) electrons. The molecule has 4 nitrogen and oxygen atoms in total. The second-order valence-corrected chi connectivity index (χ2v) is 14.9. The van der Waals surface area contributed by atoms with Crippen molar-refractivity contribution < 1.29 is 40.3 Å². The Morgan fingerprint density at radius 2 is 1.49 bits per heavy atom. The number of allylic oxidation sites excluding steroid dienone is 4. The zero-order valence-electron chi connectivity index (χ0n) is 23.8. The molecule has 0 bridgehead atoms. The highest BCUT2D eigenvalue weighted by molar-refractivity contribution is 7.90. The fourth-order valence-electron chi connectivity index (χ4n) is 8.52. The molecule has 2 fully saturated rings. The van der Waals surface area contributed by atoms with Crippen LogP contribution in [0.25, 0.3) is 11.1 Å². The first-order valence-corrected chi connectivity index (χ1v) is 16.4. The lowest BCUT2D eigenvalue weighted by Gasteiger charge is -2.56. The zero-order valence-corrected chi connectivity index (χ0v) is 24.7. The Bertz CT molecular complexity index is 1640. The van der Waals surface area contributed by atoms with Crippen molar-refractivity contribution in [3.63, 3.8) is 0 Å². The Morgan fingerprint density at radius 3 is 2.07 bits per heavy atom. The number of benzene rings is 2. The Labute approximate surface area is 247 Å². The zero-order chi connectivity index (χ0) is 31.2. The SMILES string of the molecule is C[C@]12C[C@H](c3ccc(-c4ccc(S(C)(=O)=O)cc4)cc3)C3=C4CCC(=O)C=C4CC[C@H]3[C@@H]1CC[C@@]2(O)C(F)(F)C(F)(F)F. The predicted octanol–water partition coefficient (Wildman–Crippen LogP) is 7.59. The predicted molar refractivity (Wildman–Crippen MR) is 151 cm³/mol. The maximum Gasteiger partial charge on any atom is 0.456 e. The number of hydrogen-bond acceptors (Lipinski definition) is 4. The lowest BCUT2D eigenvalue weighted by molar-refractivity contribution is -0.362. The van der Waals surface area contributed by atoms with Crippen molar-refractivity contribution in [2.24, 2.45) is 17.3 Å². The van der Waals surface area contributed by atoms with Crippen LogP contribution in [0.3, 0.4) is 0 Å². The minimum absolute atomic E-state index is 0.0290. The van der Waals surface area contributed by atoms with E-state index in [9.17, 15) is 31.5 Å². The molecule has 0 unspecified atom stereocenters. The van der Waals surface area contributed by atoms with E-state index in [4.69, 9.17) is 0 Å². The Kier molecular flexibility index (Phi) is 6.90. The van der Waals surface area contributed by atoms with Gasteiger partial charge in [0.1, 0.15) is 5.60 Å². The molecule has 4 aliphatic rings. The van der Waals surface area contributed by atoms with Crippen molar-refractivity contribution in [2.75, 3.05) is 6.26 Å². The number of carbonyl (C=O) groups excluding carboxylic acids is 1. The van der Waals surface area contributed by atoms with Crippen molar-refractivity contribution in [1.82, 2.24) is 0 Å². The third-order valence-corrected chi connectivity index (χ3v) is 11.8. The maximum atomic E-state index is 15.2. The molecule has 2 saturated carbocycles. The van der Waals surface area contributed by atoms with Gasteiger partial charge in [0.15, 0.2) is 15.6 Å². The van der Waals surface area contributed by atoms with Gasteiger partial charge >= 0.3 is 12.1 Å². The average Bonchev–Trinajstić information content (AvgIpc) is 3.23. The smallest absolute Gasteiger partial charge is 0.383 e. The summed E-state index contributed by atoms with van der Waals surface area (Å²) >= 11 is 0. The van der Waals surface area contributed by atoms with E-state index >= 15 is 8.78 Å². The molecule has 6 rings (SSSR count). The van der Waals surface area contributed by atoms with Gasteiger partial charge in [0.25, 0.3) is 0 Å². The van der Waals surface area contributed by atoms with E-state index in [-0.39, 0.29) is 29.4 Å². The van der Waals surface area contributed by atoms with E-state index < -0.39 is 51.2 Å². The van der Waals surface area contributed by atoms with E-state index in [1.807, 2.05) is 24.3 Å². The van der Waals surface area contributed by atoms with Crippen LogP contribution in [0.4, 0.5) is 22.0 Å². The minimum atomic E-state index is -5.89. The van der Waals surface area contributed by atoms with Gasteiger partial charge in [-0.2, -0.15) is 22.0 Å². The summed E-state index contributed by atoms with van der Waals surface area (Å²) in [5.74, 6) is -6.62. The lowest BCUT2D eigenvalue weighted by Crippen LogP contribution is -2.65. The van der Waals surface area contributed by atoms with Gasteiger partial charge in [0.2, 0.25) is 0 Å². The van der Waals surface area contributed by atoms with Crippen molar-refractivity contribution in [1.29, 1.82) is 0 Å². The molecular formula is C33H33F5O4S. The number of carbonyl (C=O) groups is 1. The Hall–Kier alpha value is -2.85. The summed E-state index contributed by atoms with van der Waals surface area (Å²) in [5.41, 5.74) is 0.274. The van der Waals surface area contributed by atoms with Gasteiger partial charge in [-0.25, -0.2) is 8.42 Å². The maximum absolute atomic E-state index is 15.2. The first kappa shape index (κ1) is 30.2. The van der Waals surface area contributed by atoms with Crippen LogP contribution < -0.4 is 0 Å². The molecule has 0 amide bonds. The van der Waals surface area contributed by atoms with Gasteiger partial charge in [0, 0.05) is 24.0 Å². The van der Waals surface area contributed by atoms with Gasteiger partial charge in [-0.15, -0.1) is 0 Å². The van der Waals surface area contributed by atoms with Crippen LogP contribution in [0.1, 0.15) is 63.4 Å². The number of ketones is 1. The third-order valence-electron chi connectivity index (χ3n) is 10.7. The van der Waals surface area contributed by atoms with Crippen LogP contribution in [-0.2, 0) is 14.6 Å². The molecule has 2 aromatic rings. The molecule has 0 spiro atoms. The molecule has 4 aliphatic carbocycles. The van der Waals surface area contributed by atoms with E-state index in [1.165, 1.54) is 19.1 Å². The summed E-state index contributed by atoms with van der Waals surface area (Å²) in [4.78, 5) is 12.4. The van der Waals surface area contributed by atoms with E-state index in [0.29, 0.717) is 25.7 Å². The van der Waals surface area contributed by atoms with Gasteiger partial charge in [-0.3, -0.25) is 4.79 Å². The van der Waals surface area contributed by atoms with E-state index in [2.05, 4.69) is 0 Å². The van der Waals surface area contributed by atoms with Crippen LogP contribution in [-0.4, -0.2) is 43.3 Å². The average molecular weight is 621 g/mol. The van der Waals surface area contributed by atoms with Crippen LogP contribution in [0.15, 0.2) is 76.2 Å². The summed E-state index contributed by atoms with van der Waals surface area (Å²) in [6.07, 6.45) is -1.89. The lowest BCUT2D eigenvalue weighted by atomic mass is 9.50. The quantitative estimate of drug-likeness (QED) is 0.358. The second-order valence-electron chi connectivity index (χ2n) is 12.9. The van der Waals surface area contributed by atoms with E-state index in [1.54, 1.807) is 18.2 Å².